The molecule has 0 spiro atoms. The van der Waals surface area contributed by atoms with Gasteiger partial charge in [-0.2, -0.15) is 0 Å². The molecule has 1 rings (SSSR count). The second kappa shape index (κ2) is 12.4. The van der Waals surface area contributed by atoms with Crippen molar-refractivity contribution < 1.29 is 29.6 Å². The molecule has 0 aromatic heterocycles. The number of ether oxygens (including phenoxy) is 1. The number of carbonyl (C=O) groups is 2. The van der Waals surface area contributed by atoms with E-state index < -0.39 is 30.3 Å². The van der Waals surface area contributed by atoms with Gasteiger partial charge in [-0.25, -0.2) is 0 Å². The third kappa shape index (κ3) is 8.97. The van der Waals surface area contributed by atoms with Gasteiger partial charge in [0.15, 0.2) is 0 Å². The van der Waals surface area contributed by atoms with Crippen molar-refractivity contribution in [3.05, 3.63) is 36.5 Å². The summed E-state index contributed by atoms with van der Waals surface area (Å²) in [6.07, 6.45) is 12.1. The number of allylic oxidation sites excluding steroid dienone is 3. The van der Waals surface area contributed by atoms with Gasteiger partial charge in [0.05, 0.1) is 18.6 Å². The first kappa shape index (κ1) is 22.1. The number of cyclic esters (lactones) is 1. The van der Waals surface area contributed by atoms with Gasteiger partial charge >= 0.3 is 11.9 Å². The molecule has 146 valence electrons. The Morgan fingerprint density at radius 1 is 1.31 bits per heavy atom. The molecule has 26 heavy (non-hydrogen) atoms. The van der Waals surface area contributed by atoms with E-state index in [2.05, 4.69) is 0 Å². The fourth-order valence-corrected chi connectivity index (χ4v) is 2.76. The molecule has 0 aliphatic carbocycles. The number of aliphatic hydroxyl groups is 2. The van der Waals surface area contributed by atoms with Crippen LogP contribution in [0.4, 0.5) is 0 Å². The van der Waals surface area contributed by atoms with E-state index in [0.717, 1.165) is 6.42 Å². The largest absolute Gasteiger partial charge is 0.481 e. The predicted octanol–water partition coefficient (Wildman–Crippen LogP) is 2.75. The average Bonchev–Trinajstić information content (AvgIpc) is 2.57. The molecule has 0 saturated carbocycles. The Bertz CT molecular complexity index is 522. The Morgan fingerprint density at radius 3 is 2.77 bits per heavy atom. The number of carboxylic acid groups (broad SMARTS) is 1. The number of hydrogen-bond acceptors (Lipinski definition) is 5. The van der Waals surface area contributed by atoms with Crippen LogP contribution in [0.1, 0.15) is 51.9 Å². The van der Waals surface area contributed by atoms with Crippen molar-refractivity contribution in [2.45, 2.75) is 70.2 Å². The van der Waals surface area contributed by atoms with Crippen LogP contribution in [0.5, 0.6) is 0 Å². The van der Waals surface area contributed by atoms with Gasteiger partial charge in [0.25, 0.3) is 0 Å². The Kier molecular flexibility index (Phi) is 10.6. The standard InChI is InChI=1S/C20H30O6/c1-2-3-6-9-15(21)12-13-18-16(17(22)14-20(25)26-18)10-7-4-5-8-11-19(23)24/h3-4,6-7,12-13,15-18,21-22H,2,5,8-11,14H2,1H3,(H,23,24)/b6-3+,7-4+,13-12-/t15-,16-,17-,18+/m0/s1. The van der Waals surface area contributed by atoms with Crippen molar-refractivity contribution in [3.63, 3.8) is 0 Å². The van der Waals surface area contributed by atoms with E-state index in [0.29, 0.717) is 25.7 Å². The van der Waals surface area contributed by atoms with E-state index >= 15 is 0 Å². The number of aliphatic hydroxyl groups excluding tert-OH is 2. The Hall–Kier alpha value is -1.92. The second-order valence-electron chi connectivity index (χ2n) is 6.45. The van der Waals surface area contributed by atoms with Crippen molar-refractivity contribution in [3.8, 4) is 0 Å². The quantitative estimate of drug-likeness (QED) is 0.295. The van der Waals surface area contributed by atoms with Gasteiger partial charge in [-0.05, 0) is 38.2 Å². The molecule has 4 atom stereocenters. The zero-order chi connectivity index (χ0) is 19.4. The highest BCUT2D eigenvalue weighted by atomic mass is 16.5. The van der Waals surface area contributed by atoms with E-state index in [1.807, 2.05) is 31.2 Å². The van der Waals surface area contributed by atoms with Gasteiger partial charge < -0.3 is 20.1 Å². The number of hydrogen-bond donors (Lipinski definition) is 3. The minimum absolute atomic E-state index is 0.0380. The molecule has 3 N–H and O–H groups in total. The van der Waals surface area contributed by atoms with Crippen LogP contribution < -0.4 is 0 Å². The van der Waals surface area contributed by atoms with Gasteiger partial charge in [0.2, 0.25) is 0 Å². The van der Waals surface area contributed by atoms with Gasteiger partial charge in [-0.3, -0.25) is 9.59 Å². The highest BCUT2D eigenvalue weighted by Gasteiger charge is 2.35. The minimum Gasteiger partial charge on any atom is -0.481 e. The normalized spacial score (nSPS) is 25.2. The molecule has 1 heterocycles. The lowest BCUT2D eigenvalue weighted by molar-refractivity contribution is -0.163. The first-order valence-corrected chi connectivity index (χ1v) is 9.19. The summed E-state index contributed by atoms with van der Waals surface area (Å²) in [5.74, 6) is -1.54. The van der Waals surface area contributed by atoms with Crippen LogP contribution in [0.3, 0.4) is 0 Å². The minimum atomic E-state index is -0.814. The van der Waals surface area contributed by atoms with Gasteiger partial charge in [-0.1, -0.05) is 37.3 Å². The van der Waals surface area contributed by atoms with Crippen LogP contribution in [0.25, 0.3) is 0 Å². The van der Waals surface area contributed by atoms with Crippen molar-refractivity contribution in [2.24, 2.45) is 5.92 Å². The van der Waals surface area contributed by atoms with E-state index in [-0.39, 0.29) is 18.8 Å². The van der Waals surface area contributed by atoms with Crippen LogP contribution in [0, 0.1) is 5.92 Å². The monoisotopic (exact) mass is 366 g/mol. The summed E-state index contributed by atoms with van der Waals surface area (Å²) in [6.45, 7) is 2.02. The zero-order valence-electron chi connectivity index (χ0n) is 15.3. The molecule has 0 aromatic rings. The zero-order valence-corrected chi connectivity index (χ0v) is 15.3. The molecule has 1 aliphatic rings. The summed E-state index contributed by atoms with van der Waals surface area (Å²) in [5.41, 5.74) is 0. The maximum atomic E-state index is 11.6. The first-order valence-electron chi connectivity index (χ1n) is 9.19. The van der Waals surface area contributed by atoms with Gasteiger partial charge in [0, 0.05) is 12.3 Å². The molecule has 1 aliphatic heterocycles. The number of unbranched alkanes of at least 4 members (excludes halogenated alkanes) is 1. The van der Waals surface area contributed by atoms with Crippen LogP contribution in [-0.4, -0.2) is 45.6 Å². The average molecular weight is 366 g/mol. The number of carboxylic acids is 1. The molecular weight excluding hydrogens is 336 g/mol. The molecular formula is C20H30O6. The predicted molar refractivity (Wildman–Crippen MR) is 98.4 cm³/mol. The van der Waals surface area contributed by atoms with Gasteiger partial charge in [-0.15, -0.1) is 0 Å². The highest BCUT2D eigenvalue weighted by molar-refractivity contribution is 5.71. The van der Waals surface area contributed by atoms with Gasteiger partial charge in [0.1, 0.15) is 6.10 Å². The number of aliphatic carboxylic acids is 1. The van der Waals surface area contributed by atoms with E-state index in [4.69, 9.17) is 9.84 Å². The first-order chi connectivity index (χ1) is 12.4. The van der Waals surface area contributed by atoms with E-state index in [1.54, 1.807) is 12.2 Å². The van der Waals surface area contributed by atoms with Crippen LogP contribution in [0.2, 0.25) is 0 Å². The van der Waals surface area contributed by atoms with Crippen LogP contribution in [0.15, 0.2) is 36.5 Å². The molecule has 0 bridgehead atoms. The Labute approximate surface area is 154 Å². The number of carbonyl (C=O) groups excluding carboxylic acids is 1. The van der Waals surface area contributed by atoms with Crippen molar-refractivity contribution in [1.82, 2.24) is 0 Å². The summed E-state index contributed by atoms with van der Waals surface area (Å²) in [4.78, 5) is 22.1. The summed E-state index contributed by atoms with van der Waals surface area (Å²) < 4.78 is 5.33. The molecule has 6 nitrogen and oxygen atoms in total. The lowest BCUT2D eigenvalue weighted by atomic mass is 9.87. The summed E-state index contributed by atoms with van der Waals surface area (Å²) in [5, 5.41) is 28.7. The van der Waals surface area contributed by atoms with Crippen molar-refractivity contribution >= 4 is 11.9 Å². The Balaban J connectivity index is 2.58. The number of esters is 1. The topological polar surface area (TPSA) is 104 Å². The smallest absolute Gasteiger partial charge is 0.309 e. The van der Waals surface area contributed by atoms with E-state index in [1.165, 1.54) is 0 Å². The molecule has 6 heteroatoms. The third-order valence-electron chi connectivity index (χ3n) is 4.20. The molecule has 0 aromatic carbocycles. The third-order valence-corrected chi connectivity index (χ3v) is 4.20. The number of rotatable bonds is 11. The van der Waals surface area contributed by atoms with E-state index in [9.17, 15) is 19.8 Å². The van der Waals surface area contributed by atoms with Crippen LogP contribution >= 0.6 is 0 Å². The summed E-state index contributed by atoms with van der Waals surface area (Å²) in [7, 11) is 0. The SMILES string of the molecule is CC/C=C/C[C@H](O)/C=C\[C@H]1OC(=O)C[C@H](O)[C@@H]1C/C=C/CCCC(=O)O. The summed E-state index contributed by atoms with van der Waals surface area (Å²) >= 11 is 0. The molecule has 1 fully saturated rings. The van der Waals surface area contributed by atoms with Crippen molar-refractivity contribution in [2.75, 3.05) is 0 Å². The fraction of sp³-hybridized carbons (Fsp3) is 0.600. The van der Waals surface area contributed by atoms with Crippen LogP contribution in [-0.2, 0) is 14.3 Å². The Morgan fingerprint density at radius 2 is 2.08 bits per heavy atom. The summed E-state index contributed by atoms with van der Waals surface area (Å²) in [6, 6.07) is 0. The maximum absolute atomic E-state index is 11.6. The molecule has 0 radical (unpaired) electrons. The molecule has 0 unspecified atom stereocenters. The molecule has 1 saturated heterocycles. The highest BCUT2D eigenvalue weighted by Crippen LogP contribution is 2.27. The maximum Gasteiger partial charge on any atom is 0.309 e. The fourth-order valence-electron chi connectivity index (χ4n) is 2.76. The molecule has 0 amide bonds. The lowest BCUT2D eigenvalue weighted by Crippen LogP contribution is -2.41. The van der Waals surface area contributed by atoms with Crippen molar-refractivity contribution in [1.29, 1.82) is 0 Å². The second-order valence-corrected chi connectivity index (χ2v) is 6.45. The lowest BCUT2D eigenvalue weighted by Gasteiger charge is -2.32.